The van der Waals surface area contributed by atoms with Crippen molar-refractivity contribution in [2.75, 3.05) is 26.3 Å². The molecule has 2 heterocycles. The Balaban J connectivity index is 1.67. The highest BCUT2D eigenvalue weighted by atomic mass is 19.1. The van der Waals surface area contributed by atoms with Gasteiger partial charge in [-0.25, -0.2) is 9.37 Å². The summed E-state index contributed by atoms with van der Waals surface area (Å²) in [6.07, 6.45) is 0. The van der Waals surface area contributed by atoms with Crippen LogP contribution < -0.4 is 5.32 Å². The minimum absolute atomic E-state index is 0.0504. The van der Waals surface area contributed by atoms with Gasteiger partial charge in [-0.15, -0.1) is 0 Å². The number of pyridine rings is 1. The second kappa shape index (κ2) is 7.85. The van der Waals surface area contributed by atoms with Crippen molar-refractivity contribution in [2.45, 2.75) is 6.54 Å². The largest absolute Gasteiger partial charge is 0.378 e. The molecule has 1 aromatic heterocycles. The van der Waals surface area contributed by atoms with Crippen LogP contribution in [0.3, 0.4) is 0 Å². The number of ether oxygens (including phenoxy) is 1. The molecule has 6 nitrogen and oxygen atoms in total. The van der Waals surface area contributed by atoms with Crippen LogP contribution in [0, 0.1) is 5.82 Å². The Kier molecular flexibility index (Phi) is 5.35. The van der Waals surface area contributed by atoms with Gasteiger partial charge in [0.05, 0.1) is 13.2 Å². The molecule has 2 aromatic rings. The van der Waals surface area contributed by atoms with Gasteiger partial charge >= 0.3 is 0 Å². The van der Waals surface area contributed by atoms with E-state index in [2.05, 4.69) is 10.3 Å². The molecule has 1 N–H and O–H groups in total. The van der Waals surface area contributed by atoms with Gasteiger partial charge in [0.2, 0.25) is 0 Å². The van der Waals surface area contributed by atoms with Gasteiger partial charge in [-0.2, -0.15) is 0 Å². The lowest BCUT2D eigenvalue weighted by Gasteiger charge is -2.26. The molecule has 1 aromatic carbocycles. The minimum atomic E-state index is -0.458. The number of aromatic nitrogens is 1. The van der Waals surface area contributed by atoms with E-state index < -0.39 is 5.91 Å². The molecule has 130 valence electrons. The van der Waals surface area contributed by atoms with Crippen molar-refractivity contribution in [3.8, 4) is 0 Å². The molecule has 1 fully saturated rings. The summed E-state index contributed by atoms with van der Waals surface area (Å²) in [4.78, 5) is 30.5. The Bertz CT molecular complexity index is 776. The first-order valence-corrected chi connectivity index (χ1v) is 8.01. The molecule has 1 saturated heterocycles. The predicted molar refractivity (Wildman–Crippen MR) is 88.5 cm³/mol. The number of morpholine rings is 1. The highest BCUT2D eigenvalue weighted by Gasteiger charge is 2.20. The van der Waals surface area contributed by atoms with Crippen molar-refractivity contribution in [1.82, 2.24) is 15.2 Å². The minimum Gasteiger partial charge on any atom is -0.378 e. The lowest BCUT2D eigenvalue weighted by atomic mass is 10.2. The van der Waals surface area contributed by atoms with Crippen molar-refractivity contribution < 1.29 is 18.7 Å². The van der Waals surface area contributed by atoms with E-state index in [1.165, 1.54) is 12.1 Å². The van der Waals surface area contributed by atoms with Crippen molar-refractivity contribution in [3.63, 3.8) is 0 Å². The molecule has 0 unspecified atom stereocenters. The number of benzene rings is 1. The fourth-order valence-electron chi connectivity index (χ4n) is 2.52. The molecule has 25 heavy (non-hydrogen) atoms. The fraction of sp³-hybridized carbons (Fsp3) is 0.278. The van der Waals surface area contributed by atoms with Crippen LogP contribution in [0.1, 0.15) is 26.5 Å². The first kappa shape index (κ1) is 17.0. The summed E-state index contributed by atoms with van der Waals surface area (Å²) < 4.78 is 18.8. The lowest BCUT2D eigenvalue weighted by Crippen LogP contribution is -2.41. The van der Waals surface area contributed by atoms with Gasteiger partial charge in [0, 0.05) is 25.2 Å². The van der Waals surface area contributed by atoms with Crippen molar-refractivity contribution >= 4 is 11.8 Å². The van der Waals surface area contributed by atoms with Gasteiger partial charge in [-0.05, 0) is 18.2 Å². The number of carbonyl (C=O) groups is 2. The van der Waals surface area contributed by atoms with E-state index in [4.69, 9.17) is 4.74 Å². The third kappa shape index (κ3) is 4.19. The monoisotopic (exact) mass is 343 g/mol. The van der Waals surface area contributed by atoms with Gasteiger partial charge in [-0.1, -0.05) is 24.3 Å². The third-order valence-corrected chi connectivity index (χ3v) is 3.90. The third-order valence-electron chi connectivity index (χ3n) is 3.90. The molecule has 0 radical (unpaired) electrons. The molecule has 3 rings (SSSR count). The normalized spacial score (nSPS) is 14.2. The number of nitrogens with zero attached hydrogens (tertiary/aromatic N) is 2. The van der Waals surface area contributed by atoms with Crippen LogP contribution in [-0.2, 0) is 11.3 Å². The van der Waals surface area contributed by atoms with Crippen molar-refractivity contribution in [3.05, 3.63) is 65.2 Å². The maximum absolute atomic E-state index is 13.6. The van der Waals surface area contributed by atoms with Crippen molar-refractivity contribution in [2.24, 2.45) is 0 Å². The van der Waals surface area contributed by atoms with Crippen LogP contribution in [0.25, 0.3) is 0 Å². The van der Waals surface area contributed by atoms with E-state index >= 15 is 0 Å². The molecule has 1 aliphatic heterocycles. The Hall–Kier alpha value is -2.80. The molecule has 0 atom stereocenters. The SMILES string of the molecule is O=C(NCc1ccccc1F)c1cccc(C(=O)N2CCOCC2)n1. The summed E-state index contributed by atoms with van der Waals surface area (Å²) in [5.41, 5.74) is 0.715. The van der Waals surface area contributed by atoms with Gasteiger partial charge in [0.15, 0.2) is 0 Å². The van der Waals surface area contributed by atoms with Gasteiger partial charge in [-0.3, -0.25) is 9.59 Å². The van der Waals surface area contributed by atoms with E-state index in [-0.39, 0.29) is 29.7 Å². The highest BCUT2D eigenvalue weighted by Crippen LogP contribution is 2.08. The van der Waals surface area contributed by atoms with E-state index in [1.807, 2.05) is 0 Å². The molecule has 7 heteroatoms. The molecule has 1 aliphatic rings. The van der Waals surface area contributed by atoms with E-state index in [0.717, 1.165) is 0 Å². The Labute approximate surface area is 144 Å². The smallest absolute Gasteiger partial charge is 0.272 e. The summed E-state index contributed by atoms with van der Waals surface area (Å²) in [7, 11) is 0. The highest BCUT2D eigenvalue weighted by molar-refractivity contribution is 5.96. The number of hydrogen-bond donors (Lipinski definition) is 1. The zero-order chi connectivity index (χ0) is 17.6. The maximum atomic E-state index is 13.6. The first-order valence-electron chi connectivity index (χ1n) is 8.01. The van der Waals surface area contributed by atoms with Crippen LogP contribution >= 0.6 is 0 Å². The second-order valence-corrected chi connectivity index (χ2v) is 5.59. The number of carbonyl (C=O) groups excluding carboxylic acids is 2. The molecule has 0 saturated carbocycles. The van der Waals surface area contributed by atoms with E-state index in [1.54, 1.807) is 35.2 Å². The maximum Gasteiger partial charge on any atom is 0.272 e. The molecular formula is C18H18FN3O3. The summed E-state index contributed by atoms with van der Waals surface area (Å²) >= 11 is 0. The number of halogens is 1. The summed E-state index contributed by atoms with van der Waals surface area (Å²) in [6.45, 7) is 2.05. The van der Waals surface area contributed by atoms with Gasteiger partial charge in [0.1, 0.15) is 17.2 Å². The van der Waals surface area contributed by atoms with Gasteiger partial charge in [0.25, 0.3) is 11.8 Å². The topological polar surface area (TPSA) is 71.5 Å². The Morgan fingerprint density at radius 2 is 1.80 bits per heavy atom. The fourth-order valence-corrected chi connectivity index (χ4v) is 2.52. The van der Waals surface area contributed by atoms with E-state index in [0.29, 0.717) is 31.9 Å². The van der Waals surface area contributed by atoms with Crippen molar-refractivity contribution in [1.29, 1.82) is 0 Å². The Morgan fingerprint density at radius 3 is 2.56 bits per heavy atom. The zero-order valence-electron chi connectivity index (χ0n) is 13.6. The summed E-state index contributed by atoms with van der Waals surface area (Å²) in [5, 5.41) is 2.62. The number of rotatable bonds is 4. The zero-order valence-corrected chi connectivity index (χ0v) is 13.6. The predicted octanol–water partition coefficient (Wildman–Crippen LogP) is 1.62. The standard InChI is InChI=1S/C18H18FN3O3/c19-14-5-2-1-4-13(14)12-20-17(23)15-6-3-7-16(21-15)18(24)22-8-10-25-11-9-22/h1-7H,8-12H2,(H,20,23). The second-order valence-electron chi connectivity index (χ2n) is 5.59. The number of amides is 2. The molecule has 0 aliphatic carbocycles. The summed E-state index contributed by atoms with van der Waals surface area (Å²) in [5.74, 6) is -1.07. The first-order chi connectivity index (χ1) is 12.1. The van der Waals surface area contributed by atoms with Crippen LogP contribution in [0.15, 0.2) is 42.5 Å². The number of hydrogen-bond acceptors (Lipinski definition) is 4. The molecule has 2 amide bonds. The molecule has 0 spiro atoms. The van der Waals surface area contributed by atoms with Crippen LogP contribution in [0.2, 0.25) is 0 Å². The van der Waals surface area contributed by atoms with Crippen LogP contribution in [-0.4, -0.2) is 48.0 Å². The average Bonchev–Trinajstić information content (AvgIpc) is 2.67. The molecular weight excluding hydrogens is 325 g/mol. The summed E-state index contributed by atoms with van der Waals surface area (Å²) in [6, 6.07) is 10.9. The Morgan fingerprint density at radius 1 is 1.08 bits per heavy atom. The van der Waals surface area contributed by atoms with E-state index in [9.17, 15) is 14.0 Å². The van der Waals surface area contributed by atoms with Gasteiger partial charge < -0.3 is 15.0 Å². The lowest BCUT2D eigenvalue weighted by molar-refractivity contribution is 0.0299. The van der Waals surface area contributed by atoms with Crippen LogP contribution in [0.5, 0.6) is 0 Å². The number of nitrogens with one attached hydrogen (secondary N) is 1. The van der Waals surface area contributed by atoms with Crippen LogP contribution in [0.4, 0.5) is 4.39 Å². The quantitative estimate of drug-likeness (QED) is 0.916. The average molecular weight is 343 g/mol. The molecule has 0 bridgehead atoms.